The van der Waals surface area contributed by atoms with Crippen molar-refractivity contribution in [3.05, 3.63) is 24.0 Å². The van der Waals surface area contributed by atoms with Crippen molar-refractivity contribution in [2.45, 2.75) is 24.8 Å². The van der Waals surface area contributed by atoms with Gasteiger partial charge in [-0.25, -0.2) is 4.39 Å². The fourth-order valence-corrected chi connectivity index (χ4v) is 1.82. The number of benzene rings is 1. The van der Waals surface area contributed by atoms with E-state index < -0.39 is 5.54 Å². The van der Waals surface area contributed by atoms with E-state index >= 15 is 0 Å². The zero-order chi connectivity index (χ0) is 11.6. The third-order valence-corrected chi connectivity index (χ3v) is 2.96. The molecule has 1 fully saturated rings. The lowest BCUT2D eigenvalue weighted by atomic mass is 9.78. The molecule has 0 aromatic heterocycles. The summed E-state index contributed by atoms with van der Waals surface area (Å²) in [6.45, 7) is 0. The Kier molecular flexibility index (Phi) is 2.69. The predicted octanol–water partition coefficient (Wildman–Crippen LogP) is 2.69. The van der Waals surface area contributed by atoms with Crippen molar-refractivity contribution in [3.8, 4) is 11.8 Å². The van der Waals surface area contributed by atoms with E-state index in [0.717, 1.165) is 19.3 Å². The van der Waals surface area contributed by atoms with E-state index in [9.17, 15) is 4.39 Å². The van der Waals surface area contributed by atoms with Gasteiger partial charge in [-0.2, -0.15) is 5.26 Å². The van der Waals surface area contributed by atoms with Crippen molar-refractivity contribution < 1.29 is 9.13 Å². The number of hydrogen-bond acceptors (Lipinski definition) is 3. The maximum Gasteiger partial charge on any atom is 0.144 e. The van der Waals surface area contributed by atoms with Gasteiger partial charge in [0.05, 0.1) is 18.9 Å². The molecule has 0 saturated heterocycles. The second kappa shape index (κ2) is 4.01. The van der Waals surface area contributed by atoms with E-state index in [-0.39, 0.29) is 5.82 Å². The number of hydrogen-bond donors (Lipinski definition) is 1. The van der Waals surface area contributed by atoms with E-state index in [4.69, 9.17) is 10.00 Å². The highest BCUT2D eigenvalue weighted by atomic mass is 19.1. The summed E-state index contributed by atoms with van der Waals surface area (Å²) in [5.74, 6) is 0.0866. The summed E-state index contributed by atoms with van der Waals surface area (Å²) in [6, 6.07) is 6.54. The van der Waals surface area contributed by atoms with Crippen LogP contribution in [0.5, 0.6) is 5.75 Å². The monoisotopic (exact) mass is 220 g/mol. The minimum atomic E-state index is -0.495. The molecule has 3 nitrogen and oxygen atoms in total. The average Bonchev–Trinajstić information content (AvgIpc) is 2.25. The van der Waals surface area contributed by atoms with Crippen LogP contribution in [0.2, 0.25) is 0 Å². The Bertz CT molecular complexity index is 435. The fourth-order valence-electron chi connectivity index (χ4n) is 1.82. The van der Waals surface area contributed by atoms with Crippen molar-refractivity contribution in [2.24, 2.45) is 0 Å². The van der Waals surface area contributed by atoms with Crippen LogP contribution < -0.4 is 10.1 Å². The molecular formula is C12H13FN2O. The molecule has 16 heavy (non-hydrogen) atoms. The first-order chi connectivity index (χ1) is 7.69. The highest BCUT2D eigenvalue weighted by Crippen LogP contribution is 2.37. The molecule has 0 amide bonds. The Morgan fingerprint density at radius 3 is 2.75 bits per heavy atom. The number of halogens is 1. The molecule has 1 N–H and O–H groups in total. The molecule has 4 heteroatoms. The lowest BCUT2D eigenvalue weighted by Gasteiger charge is -2.37. The zero-order valence-electron chi connectivity index (χ0n) is 9.09. The first-order valence-electron chi connectivity index (χ1n) is 5.22. The molecule has 1 aliphatic rings. The van der Waals surface area contributed by atoms with Gasteiger partial charge in [-0.15, -0.1) is 0 Å². The average molecular weight is 220 g/mol. The minimum Gasteiger partial charge on any atom is -0.494 e. The summed E-state index contributed by atoms with van der Waals surface area (Å²) in [5.41, 5.74) is 0.177. The van der Waals surface area contributed by atoms with E-state index in [1.807, 2.05) is 0 Å². The molecular weight excluding hydrogens is 207 g/mol. The molecule has 0 unspecified atom stereocenters. The Morgan fingerprint density at radius 1 is 1.50 bits per heavy atom. The molecule has 0 spiro atoms. The number of methoxy groups -OCH3 is 1. The Morgan fingerprint density at radius 2 is 2.25 bits per heavy atom. The SMILES string of the molecule is COc1cc(F)ccc1NC1(C#N)CCC1. The first-order valence-corrected chi connectivity index (χ1v) is 5.22. The van der Waals surface area contributed by atoms with Gasteiger partial charge in [0.2, 0.25) is 0 Å². The van der Waals surface area contributed by atoms with Crippen molar-refractivity contribution in [2.75, 3.05) is 12.4 Å². The standard InChI is InChI=1S/C12H13FN2O/c1-16-11-7-9(13)3-4-10(11)15-12(8-14)5-2-6-12/h3-4,7,15H,2,5-6H2,1H3. The van der Waals surface area contributed by atoms with E-state index in [1.165, 1.54) is 19.2 Å². The first kappa shape index (κ1) is 10.7. The highest BCUT2D eigenvalue weighted by Gasteiger charge is 2.37. The van der Waals surface area contributed by atoms with Crippen LogP contribution in [-0.2, 0) is 0 Å². The van der Waals surface area contributed by atoms with Crippen molar-refractivity contribution >= 4 is 5.69 Å². The summed E-state index contributed by atoms with van der Waals surface area (Å²) < 4.78 is 18.0. The fraction of sp³-hybridized carbons (Fsp3) is 0.417. The normalized spacial score (nSPS) is 17.1. The Hall–Kier alpha value is -1.76. The van der Waals surface area contributed by atoms with Gasteiger partial charge >= 0.3 is 0 Å². The number of nitrogens with one attached hydrogen (secondary N) is 1. The van der Waals surface area contributed by atoms with Crippen molar-refractivity contribution in [1.29, 1.82) is 5.26 Å². The zero-order valence-corrected chi connectivity index (χ0v) is 9.09. The summed E-state index contributed by atoms with van der Waals surface area (Å²) in [7, 11) is 1.49. The second-order valence-electron chi connectivity index (χ2n) is 4.02. The molecule has 1 aromatic carbocycles. The maximum absolute atomic E-state index is 13.0. The number of ether oxygens (including phenoxy) is 1. The number of nitriles is 1. The lowest BCUT2D eigenvalue weighted by molar-refractivity contribution is 0.352. The van der Waals surface area contributed by atoms with Gasteiger partial charge in [0.25, 0.3) is 0 Å². The van der Waals surface area contributed by atoms with Gasteiger partial charge in [-0.3, -0.25) is 0 Å². The van der Waals surface area contributed by atoms with E-state index in [0.29, 0.717) is 11.4 Å². The van der Waals surface area contributed by atoms with Gasteiger partial charge < -0.3 is 10.1 Å². The molecule has 1 aromatic rings. The van der Waals surface area contributed by atoms with E-state index in [1.54, 1.807) is 6.07 Å². The molecule has 1 saturated carbocycles. The summed E-state index contributed by atoms with van der Waals surface area (Å²) >= 11 is 0. The molecule has 1 aliphatic carbocycles. The summed E-state index contributed by atoms with van der Waals surface area (Å²) in [5, 5.41) is 12.2. The molecule has 0 atom stereocenters. The van der Waals surface area contributed by atoms with Gasteiger partial charge in [0, 0.05) is 6.07 Å². The third kappa shape index (κ3) is 1.81. The molecule has 0 aliphatic heterocycles. The molecule has 2 rings (SSSR count). The largest absolute Gasteiger partial charge is 0.494 e. The van der Waals surface area contributed by atoms with Crippen LogP contribution in [0.25, 0.3) is 0 Å². The number of nitrogens with zero attached hydrogens (tertiary/aromatic N) is 1. The van der Waals surface area contributed by atoms with Crippen LogP contribution in [0.3, 0.4) is 0 Å². The van der Waals surface area contributed by atoms with Crippen LogP contribution in [0.15, 0.2) is 18.2 Å². The van der Waals surface area contributed by atoms with Crippen LogP contribution in [-0.4, -0.2) is 12.6 Å². The van der Waals surface area contributed by atoms with Gasteiger partial charge in [-0.05, 0) is 31.4 Å². The number of rotatable bonds is 3. The maximum atomic E-state index is 13.0. The van der Waals surface area contributed by atoms with Crippen LogP contribution in [0.1, 0.15) is 19.3 Å². The molecule has 0 heterocycles. The summed E-state index contributed by atoms with van der Waals surface area (Å²) in [4.78, 5) is 0. The van der Waals surface area contributed by atoms with Crippen molar-refractivity contribution in [3.63, 3.8) is 0 Å². The summed E-state index contributed by atoms with van der Waals surface area (Å²) in [6.07, 6.45) is 2.69. The minimum absolute atomic E-state index is 0.345. The third-order valence-electron chi connectivity index (χ3n) is 2.96. The Labute approximate surface area is 93.8 Å². The van der Waals surface area contributed by atoms with Crippen LogP contribution in [0, 0.1) is 17.1 Å². The molecule has 0 radical (unpaired) electrons. The molecule has 0 bridgehead atoms. The van der Waals surface area contributed by atoms with Crippen molar-refractivity contribution in [1.82, 2.24) is 0 Å². The topological polar surface area (TPSA) is 45.0 Å². The smallest absolute Gasteiger partial charge is 0.144 e. The van der Waals surface area contributed by atoms with Gasteiger partial charge in [0.1, 0.15) is 17.1 Å². The quantitative estimate of drug-likeness (QED) is 0.851. The second-order valence-corrected chi connectivity index (χ2v) is 4.02. The van der Waals surface area contributed by atoms with Crippen LogP contribution in [0.4, 0.5) is 10.1 Å². The molecule has 84 valence electrons. The van der Waals surface area contributed by atoms with Gasteiger partial charge in [-0.1, -0.05) is 0 Å². The lowest BCUT2D eigenvalue weighted by Crippen LogP contribution is -2.43. The Balaban J connectivity index is 2.24. The number of anilines is 1. The van der Waals surface area contributed by atoms with Crippen LogP contribution >= 0.6 is 0 Å². The highest BCUT2D eigenvalue weighted by molar-refractivity contribution is 5.59. The van der Waals surface area contributed by atoms with E-state index in [2.05, 4.69) is 11.4 Å². The predicted molar refractivity (Wildman–Crippen MR) is 58.8 cm³/mol. The van der Waals surface area contributed by atoms with Gasteiger partial charge in [0.15, 0.2) is 0 Å².